The van der Waals surface area contributed by atoms with E-state index in [-0.39, 0.29) is 0 Å². The zero-order chi connectivity index (χ0) is 7.56. The van der Waals surface area contributed by atoms with Gasteiger partial charge in [-0.05, 0) is 17.9 Å². The molecule has 0 aromatic rings. The predicted molar refractivity (Wildman–Crippen MR) is 44.6 cm³/mol. The van der Waals surface area contributed by atoms with E-state index in [1.807, 2.05) is 7.05 Å². The van der Waals surface area contributed by atoms with Crippen molar-refractivity contribution in [2.24, 2.45) is 11.8 Å². The molecule has 0 heterocycles. The molecule has 0 amide bonds. The van der Waals surface area contributed by atoms with Gasteiger partial charge in [0, 0.05) is 12.7 Å². The molecule has 2 atom stereocenters. The second-order valence-corrected chi connectivity index (χ2v) is 2.95. The molecule has 0 bridgehead atoms. The van der Waals surface area contributed by atoms with E-state index in [1.54, 1.807) is 0 Å². The van der Waals surface area contributed by atoms with Crippen molar-refractivity contribution in [3.05, 3.63) is 23.9 Å². The first-order valence-electron chi connectivity index (χ1n) is 3.82. The molecule has 1 rings (SSSR count). The summed E-state index contributed by atoms with van der Waals surface area (Å²) >= 11 is 0. The summed E-state index contributed by atoms with van der Waals surface area (Å²) in [6, 6.07) is 0. The van der Waals surface area contributed by atoms with E-state index in [0.717, 1.165) is 0 Å². The van der Waals surface area contributed by atoms with Crippen LogP contribution in [0.5, 0.6) is 0 Å². The molecule has 56 valence electrons. The first-order chi connectivity index (χ1) is 4.74. The summed E-state index contributed by atoms with van der Waals surface area (Å²) in [6.07, 6.45) is 6.66. The molecule has 0 spiro atoms. The maximum absolute atomic E-state index is 3.13. The smallest absolute Gasteiger partial charge is 0.0296 e. The lowest BCUT2D eigenvalue weighted by Crippen LogP contribution is -2.13. The molecule has 0 saturated heterocycles. The van der Waals surface area contributed by atoms with Gasteiger partial charge in [-0.25, -0.2) is 0 Å². The van der Waals surface area contributed by atoms with Crippen molar-refractivity contribution in [1.82, 2.24) is 5.32 Å². The second-order valence-electron chi connectivity index (χ2n) is 2.95. The number of likely N-dealkylation sites (N-methyl/N-ethyl adjacent to an activating group) is 1. The lowest BCUT2D eigenvalue weighted by atomic mass is 9.91. The maximum atomic E-state index is 3.13. The highest BCUT2D eigenvalue weighted by Gasteiger charge is 2.10. The maximum Gasteiger partial charge on any atom is 0.0296 e. The van der Waals surface area contributed by atoms with Gasteiger partial charge in [0.15, 0.2) is 0 Å². The Bertz CT molecular complexity index is 168. The average Bonchev–Trinajstić information content (AvgIpc) is 1.95. The molecular formula is C9H15N. The van der Waals surface area contributed by atoms with Gasteiger partial charge in [0.05, 0.1) is 0 Å². The Kier molecular flexibility index (Phi) is 2.15. The monoisotopic (exact) mass is 137 g/mol. The Balaban J connectivity index is 2.66. The van der Waals surface area contributed by atoms with E-state index in [1.165, 1.54) is 5.70 Å². The molecule has 1 aliphatic rings. The van der Waals surface area contributed by atoms with Crippen LogP contribution in [0.2, 0.25) is 0 Å². The number of nitrogens with one attached hydrogen (secondary N) is 1. The van der Waals surface area contributed by atoms with Crippen molar-refractivity contribution in [3.8, 4) is 0 Å². The molecule has 0 aromatic heterocycles. The Labute approximate surface area is 62.8 Å². The summed E-state index contributed by atoms with van der Waals surface area (Å²) < 4.78 is 0. The zero-order valence-electron chi connectivity index (χ0n) is 6.89. The van der Waals surface area contributed by atoms with Gasteiger partial charge in [0.25, 0.3) is 0 Å². The molecule has 0 saturated carbocycles. The first-order valence-corrected chi connectivity index (χ1v) is 3.82. The van der Waals surface area contributed by atoms with E-state index < -0.39 is 0 Å². The fourth-order valence-electron chi connectivity index (χ4n) is 1.09. The molecule has 0 unspecified atom stereocenters. The van der Waals surface area contributed by atoms with E-state index in [9.17, 15) is 0 Å². The highest BCUT2D eigenvalue weighted by Crippen LogP contribution is 2.20. The Morgan fingerprint density at radius 1 is 1.30 bits per heavy atom. The minimum atomic E-state index is 0.674. The quantitative estimate of drug-likeness (QED) is 0.582. The highest BCUT2D eigenvalue weighted by atomic mass is 14.8. The van der Waals surface area contributed by atoms with Crippen LogP contribution in [0.4, 0.5) is 0 Å². The van der Waals surface area contributed by atoms with Crippen LogP contribution < -0.4 is 5.32 Å². The third-order valence-electron chi connectivity index (χ3n) is 2.14. The standard InChI is InChI=1S/C9H15N/c1-7-4-5-9(10-3)6-8(7)2/h4-8,10H,1-3H3/t7-,8+/m0/s1. The summed E-state index contributed by atoms with van der Waals surface area (Å²) in [6.45, 7) is 4.48. The molecule has 0 aliphatic heterocycles. The zero-order valence-corrected chi connectivity index (χ0v) is 6.89. The molecule has 1 nitrogen and oxygen atoms in total. The van der Waals surface area contributed by atoms with Crippen LogP contribution in [0.25, 0.3) is 0 Å². The minimum absolute atomic E-state index is 0.674. The summed E-state index contributed by atoms with van der Waals surface area (Å²) in [5.41, 5.74) is 1.24. The van der Waals surface area contributed by atoms with Crippen molar-refractivity contribution in [3.63, 3.8) is 0 Å². The van der Waals surface area contributed by atoms with Crippen molar-refractivity contribution in [2.45, 2.75) is 13.8 Å². The molecule has 1 N–H and O–H groups in total. The van der Waals surface area contributed by atoms with Crippen molar-refractivity contribution in [2.75, 3.05) is 7.05 Å². The topological polar surface area (TPSA) is 12.0 Å². The SMILES string of the molecule is CNC1=C[C@@H](C)[C@@H](C)C=C1. The molecule has 0 fully saturated rings. The van der Waals surface area contributed by atoms with Gasteiger partial charge >= 0.3 is 0 Å². The number of hydrogen-bond donors (Lipinski definition) is 1. The van der Waals surface area contributed by atoms with Gasteiger partial charge in [-0.2, -0.15) is 0 Å². The summed E-state index contributed by atoms with van der Waals surface area (Å²) in [4.78, 5) is 0. The highest BCUT2D eigenvalue weighted by molar-refractivity contribution is 5.22. The average molecular weight is 137 g/mol. The van der Waals surface area contributed by atoms with Crippen LogP contribution in [0.1, 0.15) is 13.8 Å². The summed E-state index contributed by atoms with van der Waals surface area (Å²) in [5, 5.41) is 3.13. The molecule has 1 heteroatoms. The van der Waals surface area contributed by atoms with Crippen LogP contribution >= 0.6 is 0 Å². The third-order valence-corrected chi connectivity index (χ3v) is 2.14. The van der Waals surface area contributed by atoms with Gasteiger partial charge in [0.1, 0.15) is 0 Å². The summed E-state index contributed by atoms with van der Waals surface area (Å²) in [7, 11) is 1.96. The van der Waals surface area contributed by atoms with Crippen molar-refractivity contribution >= 4 is 0 Å². The Morgan fingerprint density at radius 2 is 2.00 bits per heavy atom. The Morgan fingerprint density at radius 3 is 2.50 bits per heavy atom. The van der Waals surface area contributed by atoms with Crippen LogP contribution in [0.15, 0.2) is 23.9 Å². The fraction of sp³-hybridized carbons (Fsp3) is 0.556. The van der Waals surface area contributed by atoms with Crippen LogP contribution in [-0.4, -0.2) is 7.05 Å². The van der Waals surface area contributed by atoms with Crippen molar-refractivity contribution < 1.29 is 0 Å². The van der Waals surface area contributed by atoms with Crippen LogP contribution in [0, 0.1) is 11.8 Å². The van der Waals surface area contributed by atoms with Gasteiger partial charge in [-0.1, -0.05) is 26.0 Å². The van der Waals surface area contributed by atoms with E-state index >= 15 is 0 Å². The lowest BCUT2D eigenvalue weighted by molar-refractivity contribution is 0.544. The molecule has 10 heavy (non-hydrogen) atoms. The predicted octanol–water partition coefficient (Wildman–Crippen LogP) is 1.93. The summed E-state index contributed by atoms with van der Waals surface area (Å²) in [5.74, 6) is 1.37. The number of allylic oxidation sites excluding steroid dienone is 3. The normalized spacial score (nSPS) is 31.7. The largest absolute Gasteiger partial charge is 0.388 e. The minimum Gasteiger partial charge on any atom is -0.388 e. The third kappa shape index (κ3) is 1.41. The number of rotatable bonds is 1. The van der Waals surface area contributed by atoms with E-state index in [0.29, 0.717) is 11.8 Å². The second kappa shape index (κ2) is 2.91. The van der Waals surface area contributed by atoms with Crippen LogP contribution in [-0.2, 0) is 0 Å². The molecule has 0 radical (unpaired) electrons. The van der Waals surface area contributed by atoms with Gasteiger partial charge in [-0.3, -0.25) is 0 Å². The van der Waals surface area contributed by atoms with Crippen molar-refractivity contribution in [1.29, 1.82) is 0 Å². The van der Waals surface area contributed by atoms with Gasteiger partial charge in [0.2, 0.25) is 0 Å². The molecule has 0 aromatic carbocycles. The van der Waals surface area contributed by atoms with E-state index in [2.05, 4.69) is 37.4 Å². The molecular weight excluding hydrogens is 122 g/mol. The number of hydrogen-bond acceptors (Lipinski definition) is 1. The lowest BCUT2D eigenvalue weighted by Gasteiger charge is -2.18. The van der Waals surface area contributed by atoms with Crippen LogP contribution in [0.3, 0.4) is 0 Å². The molecule has 1 aliphatic carbocycles. The Hall–Kier alpha value is -0.720. The van der Waals surface area contributed by atoms with E-state index in [4.69, 9.17) is 0 Å². The van der Waals surface area contributed by atoms with Gasteiger partial charge in [-0.15, -0.1) is 0 Å². The first kappa shape index (κ1) is 7.39. The fourth-order valence-corrected chi connectivity index (χ4v) is 1.09. The van der Waals surface area contributed by atoms with Gasteiger partial charge < -0.3 is 5.32 Å².